The molecule has 3 fully saturated rings. The molecule has 2 unspecified atom stereocenters. The fraction of sp³-hybridized carbons (Fsp3) is 0.688. The van der Waals surface area contributed by atoms with Gasteiger partial charge in [-0.25, -0.2) is 4.98 Å². The number of piperidine rings is 1. The number of fused-ring (bicyclic) bond motifs is 1. The molecule has 2 aliphatic heterocycles. The molecule has 3 aliphatic rings. The van der Waals surface area contributed by atoms with Gasteiger partial charge in [0.15, 0.2) is 11.5 Å². The minimum atomic E-state index is -4.48. The second-order valence-corrected chi connectivity index (χ2v) is 7.67. The van der Waals surface area contributed by atoms with Gasteiger partial charge in [-0.3, -0.25) is 0 Å². The van der Waals surface area contributed by atoms with Gasteiger partial charge in [-0.1, -0.05) is 5.21 Å². The third-order valence-corrected chi connectivity index (χ3v) is 6.07. The number of aromatic nitrogens is 6. The molecular formula is C16H19F3N8. The van der Waals surface area contributed by atoms with Crippen molar-refractivity contribution in [1.82, 2.24) is 30.6 Å². The molecule has 0 radical (unpaired) electrons. The predicted octanol–water partition coefficient (Wildman–Crippen LogP) is 1.53. The number of hydrogen-bond acceptors (Lipinski definition) is 7. The first kappa shape index (κ1) is 16.7. The van der Waals surface area contributed by atoms with Gasteiger partial charge in [0.2, 0.25) is 5.95 Å². The molecule has 0 spiro atoms. The smallest absolute Gasteiger partial charge is 0.356 e. The van der Waals surface area contributed by atoms with E-state index in [0.29, 0.717) is 49.0 Å². The molecule has 1 N–H and O–H groups in total. The summed E-state index contributed by atoms with van der Waals surface area (Å²) in [5.41, 5.74) is -0.870. The molecule has 1 aliphatic carbocycles. The Bertz CT molecular complexity index is 827. The second kappa shape index (κ2) is 5.77. The van der Waals surface area contributed by atoms with Gasteiger partial charge in [0.25, 0.3) is 0 Å². The highest BCUT2D eigenvalue weighted by atomic mass is 19.4. The fourth-order valence-electron chi connectivity index (χ4n) is 4.29. The first-order chi connectivity index (χ1) is 12.9. The lowest BCUT2D eigenvalue weighted by molar-refractivity contribution is -0.141. The monoisotopic (exact) mass is 380 g/mol. The highest BCUT2D eigenvalue weighted by Crippen LogP contribution is 2.53. The summed E-state index contributed by atoms with van der Waals surface area (Å²) in [6.07, 6.45) is -2.78. The Kier molecular flexibility index (Phi) is 3.57. The second-order valence-electron chi connectivity index (χ2n) is 7.67. The van der Waals surface area contributed by atoms with Crippen LogP contribution in [0.25, 0.3) is 0 Å². The number of halogens is 3. The van der Waals surface area contributed by atoms with Crippen LogP contribution in [0, 0.1) is 17.8 Å². The quantitative estimate of drug-likeness (QED) is 0.861. The summed E-state index contributed by atoms with van der Waals surface area (Å²) < 4.78 is 40.0. The molecule has 0 aromatic carbocycles. The summed E-state index contributed by atoms with van der Waals surface area (Å²) in [4.78, 5) is 12.0. The van der Waals surface area contributed by atoms with Crippen molar-refractivity contribution in [2.45, 2.75) is 32.0 Å². The van der Waals surface area contributed by atoms with E-state index >= 15 is 0 Å². The summed E-state index contributed by atoms with van der Waals surface area (Å²) >= 11 is 0. The van der Waals surface area contributed by atoms with Crippen molar-refractivity contribution in [1.29, 1.82) is 0 Å². The SMILES string of the molecule is C[C@H]1CCN1c1nc(N2CC3C(Cc4nn[nH]n4)C3C2)cc(C(F)(F)F)n1. The number of rotatable bonds is 4. The molecule has 0 bridgehead atoms. The van der Waals surface area contributed by atoms with Gasteiger partial charge >= 0.3 is 6.18 Å². The molecule has 11 heteroatoms. The minimum Gasteiger partial charge on any atom is -0.356 e. The zero-order valence-electron chi connectivity index (χ0n) is 14.7. The molecule has 2 aromatic heterocycles. The van der Waals surface area contributed by atoms with Crippen molar-refractivity contribution in [2.75, 3.05) is 29.4 Å². The fourth-order valence-corrected chi connectivity index (χ4v) is 4.29. The van der Waals surface area contributed by atoms with E-state index in [0.717, 1.165) is 18.9 Å². The lowest BCUT2D eigenvalue weighted by Gasteiger charge is -2.39. The van der Waals surface area contributed by atoms with Crippen LogP contribution >= 0.6 is 0 Å². The van der Waals surface area contributed by atoms with Gasteiger partial charge < -0.3 is 9.80 Å². The zero-order valence-corrected chi connectivity index (χ0v) is 14.7. The molecule has 4 heterocycles. The Morgan fingerprint density at radius 1 is 1.22 bits per heavy atom. The number of anilines is 2. The van der Waals surface area contributed by atoms with Gasteiger partial charge in [0.05, 0.1) is 0 Å². The molecule has 144 valence electrons. The summed E-state index contributed by atoms with van der Waals surface area (Å²) in [6, 6.07) is 1.25. The molecule has 2 saturated heterocycles. The van der Waals surface area contributed by atoms with Crippen LogP contribution in [0.4, 0.5) is 24.9 Å². The van der Waals surface area contributed by atoms with Crippen LogP contribution in [0.2, 0.25) is 0 Å². The maximum atomic E-state index is 13.3. The normalized spacial score (nSPS) is 29.6. The van der Waals surface area contributed by atoms with E-state index in [4.69, 9.17) is 0 Å². The highest BCUT2D eigenvalue weighted by Gasteiger charge is 2.56. The summed E-state index contributed by atoms with van der Waals surface area (Å²) in [7, 11) is 0. The molecule has 3 atom stereocenters. The molecule has 0 amide bonds. The number of nitrogens with one attached hydrogen (secondary N) is 1. The van der Waals surface area contributed by atoms with Crippen molar-refractivity contribution in [3.8, 4) is 0 Å². The van der Waals surface area contributed by atoms with Gasteiger partial charge in [0.1, 0.15) is 5.82 Å². The van der Waals surface area contributed by atoms with E-state index in [1.807, 2.05) is 16.7 Å². The first-order valence-electron chi connectivity index (χ1n) is 9.10. The predicted molar refractivity (Wildman–Crippen MR) is 89.0 cm³/mol. The molecule has 5 rings (SSSR count). The largest absolute Gasteiger partial charge is 0.433 e. The maximum absolute atomic E-state index is 13.3. The minimum absolute atomic E-state index is 0.174. The van der Waals surface area contributed by atoms with Crippen LogP contribution in [0.15, 0.2) is 6.07 Å². The lowest BCUT2D eigenvalue weighted by atomic mass is 10.1. The van der Waals surface area contributed by atoms with E-state index in [1.54, 1.807) is 0 Å². The third kappa shape index (κ3) is 2.88. The average molecular weight is 380 g/mol. The molecule has 1 saturated carbocycles. The van der Waals surface area contributed by atoms with Crippen LogP contribution < -0.4 is 9.80 Å². The number of alkyl halides is 3. The van der Waals surface area contributed by atoms with E-state index in [2.05, 4.69) is 30.6 Å². The molecular weight excluding hydrogens is 361 g/mol. The maximum Gasteiger partial charge on any atom is 0.433 e. The Morgan fingerprint density at radius 3 is 2.56 bits per heavy atom. The highest BCUT2D eigenvalue weighted by molar-refractivity contribution is 5.50. The summed E-state index contributed by atoms with van der Waals surface area (Å²) in [5, 5.41) is 14.0. The van der Waals surface area contributed by atoms with Crippen LogP contribution in [0.1, 0.15) is 24.9 Å². The Morgan fingerprint density at radius 2 is 2.00 bits per heavy atom. The number of nitrogens with zero attached hydrogens (tertiary/aromatic N) is 7. The van der Waals surface area contributed by atoms with Crippen LogP contribution in [0.5, 0.6) is 0 Å². The molecule has 2 aromatic rings. The average Bonchev–Trinajstić information content (AvgIpc) is 3.02. The van der Waals surface area contributed by atoms with E-state index < -0.39 is 11.9 Å². The summed E-state index contributed by atoms with van der Waals surface area (Å²) in [5.74, 6) is 2.60. The van der Waals surface area contributed by atoms with Crippen LogP contribution in [-0.4, -0.2) is 56.3 Å². The van der Waals surface area contributed by atoms with Crippen LogP contribution in [0.3, 0.4) is 0 Å². The zero-order chi connectivity index (χ0) is 18.8. The third-order valence-electron chi connectivity index (χ3n) is 6.07. The van der Waals surface area contributed by atoms with Gasteiger partial charge in [-0.2, -0.15) is 23.4 Å². The molecule has 8 nitrogen and oxygen atoms in total. The Hall–Kier alpha value is -2.46. The summed E-state index contributed by atoms with van der Waals surface area (Å²) in [6.45, 7) is 4.08. The van der Waals surface area contributed by atoms with Crippen molar-refractivity contribution in [3.05, 3.63) is 17.6 Å². The number of H-pyrrole nitrogens is 1. The van der Waals surface area contributed by atoms with Crippen LogP contribution in [-0.2, 0) is 12.6 Å². The first-order valence-corrected chi connectivity index (χ1v) is 9.10. The number of hydrogen-bond donors (Lipinski definition) is 1. The Balaban J connectivity index is 1.34. The van der Waals surface area contributed by atoms with Crippen molar-refractivity contribution in [2.24, 2.45) is 17.8 Å². The van der Waals surface area contributed by atoms with Crippen molar-refractivity contribution >= 4 is 11.8 Å². The standard InChI is InChI=1S/C16H19F3N8/c1-8-2-3-27(8)15-20-12(16(17,18)19)5-14(21-15)26-6-10-9(11(10)7-26)4-13-22-24-25-23-13/h5,8-11H,2-4,6-7H2,1H3,(H,22,23,24,25)/t8-,9?,10?,11?/m0/s1. The van der Waals surface area contributed by atoms with E-state index in [9.17, 15) is 13.2 Å². The van der Waals surface area contributed by atoms with Gasteiger partial charge in [0, 0.05) is 38.2 Å². The van der Waals surface area contributed by atoms with Gasteiger partial charge in [-0.05, 0) is 31.1 Å². The van der Waals surface area contributed by atoms with Crippen molar-refractivity contribution in [3.63, 3.8) is 0 Å². The number of aromatic amines is 1. The topological polar surface area (TPSA) is 86.7 Å². The van der Waals surface area contributed by atoms with E-state index in [-0.39, 0.29) is 12.0 Å². The van der Waals surface area contributed by atoms with E-state index in [1.165, 1.54) is 0 Å². The lowest BCUT2D eigenvalue weighted by Crippen LogP contribution is -2.47. The number of tetrazole rings is 1. The van der Waals surface area contributed by atoms with Gasteiger partial charge in [-0.15, -0.1) is 10.2 Å². The molecule has 27 heavy (non-hydrogen) atoms. The van der Waals surface area contributed by atoms with Crippen molar-refractivity contribution < 1.29 is 13.2 Å². The Labute approximate surface area is 153 Å².